The van der Waals surface area contributed by atoms with Gasteiger partial charge in [0.15, 0.2) is 0 Å². The van der Waals surface area contributed by atoms with Crippen LogP contribution in [-0.2, 0) is 17.8 Å². The molecule has 2 aliphatic heterocycles. The van der Waals surface area contributed by atoms with Gasteiger partial charge in [0.05, 0.1) is 11.4 Å². The van der Waals surface area contributed by atoms with E-state index in [0.29, 0.717) is 31.1 Å². The molecule has 3 aromatic rings. The highest BCUT2D eigenvalue weighted by atomic mass is 19.1. The molecular weight excluding hydrogens is 403 g/mol. The molecule has 1 fully saturated rings. The Morgan fingerprint density at radius 3 is 2.84 bits per heavy atom. The number of likely N-dealkylation sites (tertiary alicyclic amines) is 1. The summed E-state index contributed by atoms with van der Waals surface area (Å²) in [6, 6.07) is 15.3. The molecule has 4 nitrogen and oxygen atoms in total. The average Bonchev–Trinajstić information content (AvgIpc) is 3.16. The molecule has 1 amide bonds. The summed E-state index contributed by atoms with van der Waals surface area (Å²) < 4.78 is 23.1. The van der Waals surface area contributed by atoms with Crippen LogP contribution in [0.3, 0.4) is 0 Å². The lowest BCUT2D eigenvalue weighted by Crippen LogP contribution is -2.39. The number of benzene rings is 2. The van der Waals surface area contributed by atoms with Crippen molar-refractivity contribution in [2.45, 2.75) is 46.1 Å². The highest BCUT2D eigenvalue weighted by Gasteiger charge is 2.27. The zero-order valence-electron chi connectivity index (χ0n) is 18.7. The van der Waals surface area contributed by atoms with Crippen molar-refractivity contribution >= 4 is 5.91 Å². The summed E-state index contributed by atoms with van der Waals surface area (Å²) in [6.07, 6.45) is 3.24. The first-order chi connectivity index (χ1) is 15.5. The third-order valence-electron chi connectivity index (χ3n) is 6.63. The summed E-state index contributed by atoms with van der Waals surface area (Å²) in [7, 11) is 0. The number of aromatic nitrogens is 1. The molecular formula is C27H29FN2O2. The molecule has 166 valence electrons. The molecule has 2 aliphatic rings. The average molecular weight is 433 g/mol. The molecule has 5 heteroatoms. The minimum absolute atomic E-state index is 0.184. The van der Waals surface area contributed by atoms with Gasteiger partial charge in [0, 0.05) is 36.3 Å². The van der Waals surface area contributed by atoms with Crippen molar-refractivity contribution in [3.05, 3.63) is 71.2 Å². The van der Waals surface area contributed by atoms with Crippen LogP contribution in [0, 0.1) is 18.7 Å². The first-order valence-electron chi connectivity index (χ1n) is 11.5. The Balaban J connectivity index is 1.53. The minimum Gasteiger partial charge on any atom is -0.488 e. The Bertz CT molecular complexity index is 1170. The first kappa shape index (κ1) is 20.8. The standard InChI is InChI=1S/C27H29FN2O2/c1-18-9-11-24(23(28)14-18)30-21(10-12-26(31)29-13-5-6-19(2)16-29)15-20-17-32-25-8-4-3-7-22(25)27(20)30/h3-4,7-9,11,14-15,19H,5-6,10,12-13,16-17H2,1-2H3/t19-/m1/s1. The number of amides is 1. The number of halogens is 1. The molecule has 0 aliphatic carbocycles. The quantitative estimate of drug-likeness (QED) is 0.532. The summed E-state index contributed by atoms with van der Waals surface area (Å²) in [4.78, 5) is 14.9. The lowest BCUT2D eigenvalue weighted by molar-refractivity contribution is -0.132. The molecule has 0 bridgehead atoms. The summed E-state index contributed by atoms with van der Waals surface area (Å²) in [5.41, 5.74) is 5.28. The van der Waals surface area contributed by atoms with E-state index < -0.39 is 0 Å². The van der Waals surface area contributed by atoms with Crippen molar-refractivity contribution in [3.63, 3.8) is 0 Å². The van der Waals surface area contributed by atoms with Crippen LogP contribution in [0.2, 0.25) is 0 Å². The second kappa shape index (κ2) is 8.45. The molecule has 1 saturated heterocycles. The van der Waals surface area contributed by atoms with E-state index in [1.807, 2.05) is 52.8 Å². The number of carbonyl (C=O) groups excluding carboxylic acids is 1. The number of fused-ring (bicyclic) bond motifs is 3. The summed E-state index contributed by atoms with van der Waals surface area (Å²) in [5, 5.41) is 0. The Morgan fingerprint density at radius 2 is 2.03 bits per heavy atom. The SMILES string of the molecule is Cc1ccc(-n2c(CCC(=O)N3CCC[C@@H](C)C3)cc3c2-c2ccccc2OC3)c(F)c1. The van der Waals surface area contributed by atoms with Gasteiger partial charge in [-0.05, 0) is 68.0 Å². The van der Waals surface area contributed by atoms with Crippen LogP contribution in [0.1, 0.15) is 43.0 Å². The topological polar surface area (TPSA) is 34.5 Å². The van der Waals surface area contributed by atoms with Crippen molar-refractivity contribution in [3.8, 4) is 22.7 Å². The molecule has 2 aromatic carbocycles. The highest BCUT2D eigenvalue weighted by molar-refractivity contribution is 5.78. The van der Waals surface area contributed by atoms with Gasteiger partial charge in [0.2, 0.25) is 5.91 Å². The zero-order chi connectivity index (χ0) is 22.2. The predicted octanol–water partition coefficient (Wildman–Crippen LogP) is 5.68. The van der Waals surface area contributed by atoms with Gasteiger partial charge in [0.1, 0.15) is 18.2 Å². The number of nitrogens with zero attached hydrogens (tertiary/aromatic N) is 2. The lowest BCUT2D eigenvalue weighted by Gasteiger charge is -2.31. The van der Waals surface area contributed by atoms with Crippen LogP contribution in [0.15, 0.2) is 48.5 Å². The second-order valence-electron chi connectivity index (χ2n) is 9.17. The Labute approximate surface area is 188 Å². The Hall–Kier alpha value is -3.08. The summed E-state index contributed by atoms with van der Waals surface area (Å²) in [5.74, 6) is 1.28. The van der Waals surface area contributed by atoms with Crippen LogP contribution in [0.25, 0.3) is 16.9 Å². The molecule has 3 heterocycles. The van der Waals surface area contributed by atoms with E-state index in [-0.39, 0.29) is 11.7 Å². The van der Waals surface area contributed by atoms with Gasteiger partial charge < -0.3 is 14.2 Å². The van der Waals surface area contributed by atoms with Crippen LogP contribution in [0.5, 0.6) is 5.75 Å². The number of piperidine rings is 1. The van der Waals surface area contributed by atoms with Crippen LogP contribution >= 0.6 is 0 Å². The van der Waals surface area contributed by atoms with Gasteiger partial charge >= 0.3 is 0 Å². The normalized spacial score (nSPS) is 17.5. The number of hydrogen-bond donors (Lipinski definition) is 0. The molecule has 1 aromatic heterocycles. The van der Waals surface area contributed by atoms with E-state index in [0.717, 1.165) is 53.3 Å². The predicted molar refractivity (Wildman–Crippen MR) is 124 cm³/mol. The molecule has 32 heavy (non-hydrogen) atoms. The van der Waals surface area contributed by atoms with E-state index in [9.17, 15) is 4.79 Å². The Morgan fingerprint density at radius 1 is 1.19 bits per heavy atom. The van der Waals surface area contributed by atoms with E-state index >= 15 is 4.39 Å². The second-order valence-corrected chi connectivity index (χ2v) is 9.17. The zero-order valence-corrected chi connectivity index (χ0v) is 18.7. The van der Waals surface area contributed by atoms with E-state index in [4.69, 9.17) is 4.74 Å². The maximum absolute atomic E-state index is 15.1. The molecule has 0 N–H and O–H groups in total. The van der Waals surface area contributed by atoms with E-state index in [1.54, 1.807) is 6.07 Å². The molecule has 0 spiro atoms. The van der Waals surface area contributed by atoms with Crippen molar-refractivity contribution in [1.29, 1.82) is 0 Å². The number of ether oxygens (including phenoxy) is 1. The maximum Gasteiger partial charge on any atom is 0.222 e. The monoisotopic (exact) mass is 432 g/mol. The molecule has 1 atom stereocenters. The minimum atomic E-state index is -0.259. The van der Waals surface area contributed by atoms with Crippen LogP contribution in [-0.4, -0.2) is 28.5 Å². The summed E-state index contributed by atoms with van der Waals surface area (Å²) in [6.45, 7) is 6.21. The van der Waals surface area contributed by atoms with Gasteiger partial charge in [-0.3, -0.25) is 4.79 Å². The van der Waals surface area contributed by atoms with Gasteiger partial charge in [0.25, 0.3) is 0 Å². The molecule has 0 unspecified atom stereocenters. The van der Waals surface area contributed by atoms with Crippen LogP contribution in [0.4, 0.5) is 4.39 Å². The smallest absolute Gasteiger partial charge is 0.222 e. The Kier molecular flexibility index (Phi) is 5.50. The fraction of sp³-hybridized carbons (Fsp3) is 0.370. The number of carbonyl (C=O) groups is 1. The van der Waals surface area contributed by atoms with Gasteiger partial charge in [-0.1, -0.05) is 25.1 Å². The van der Waals surface area contributed by atoms with Gasteiger partial charge in [-0.25, -0.2) is 4.39 Å². The fourth-order valence-electron chi connectivity index (χ4n) is 5.03. The van der Waals surface area contributed by atoms with Crippen molar-refractivity contribution in [2.24, 2.45) is 5.92 Å². The number of rotatable bonds is 4. The number of aryl methyl sites for hydroxylation is 2. The molecule has 5 rings (SSSR count). The maximum atomic E-state index is 15.1. The van der Waals surface area contributed by atoms with Gasteiger partial charge in [-0.2, -0.15) is 0 Å². The number of hydrogen-bond acceptors (Lipinski definition) is 2. The number of para-hydroxylation sites is 1. The van der Waals surface area contributed by atoms with Gasteiger partial charge in [-0.15, -0.1) is 0 Å². The van der Waals surface area contributed by atoms with Crippen molar-refractivity contribution in [1.82, 2.24) is 9.47 Å². The third-order valence-corrected chi connectivity index (χ3v) is 6.63. The molecule has 0 radical (unpaired) electrons. The van der Waals surface area contributed by atoms with Crippen molar-refractivity contribution < 1.29 is 13.9 Å². The largest absolute Gasteiger partial charge is 0.488 e. The first-order valence-corrected chi connectivity index (χ1v) is 11.5. The van der Waals surface area contributed by atoms with E-state index in [1.165, 1.54) is 6.42 Å². The fourth-order valence-corrected chi connectivity index (χ4v) is 5.03. The van der Waals surface area contributed by atoms with E-state index in [2.05, 4.69) is 13.0 Å². The molecule has 0 saturated carbocycles. The van der Waals surface area contributed by atoms with Crippen LogP contribution < -0.4 is 4.74 Å². The summed E-state index contributed by atoms with van der Waals surface area (Å²) >= 11 is 0. The highest BCUT2D eigenvalue weighted by Crippen LogP contribution is 2.41. The third kappa shape index (κ3) is 3.81. The lowest BCUT2D eigenvalue weighted by atomic mass is 10.00. The van der Waals surface area contributed by atoms with Crippen molar-refractivity contribution in [2.75, 3.05) is 13.1 Å².